The fourth-order valence-electron chi connectivity index (χ4n) is 1.96. The molecule has 2 aromatic heterocycles. The molecular formula is C13H20ClN7. The molecule has 2 aromatic rings. The van der Waals surface area contributed by atoms with Crippen LogP contribution < -0.4 is 10.2 Å². The second kappa shape index (κ2) is 6.71. The summed E-state index contributed by atoms with van der Waals surface area (Å²) in [6.45, 7) is 8.35. The first-order chi connectivity index (χ1) is 10.0. The summed E-state index contributed by atoms with van der Waals surface area (Å²) in [5, 5.41) is 7.57. The van der Waals surface area contributed by atoms with Gasteiger partial charge in [0.05, 0.1) is 6.20 Å². The van der Waals surface area contributed by atoms with Gasteiger partial charge in [0.15, 0.2) is 0 Å². The van der Waals surface area contributed by atoms with E-state index in [-0.39, 0.29) is 5.28 Å². The molecule has 0 radical (unpaired) electrons. The monoisotopic (exact) mass is 309 g/mol. The van der Waals surface area contributed by atoms with Gasteiger partial charge in [-0.25, -0.2) is 0 Å². The zero-order valence-electron chi connectivity index (χ0n) is 12.8. The SMILES string of the molecule is CCN(CC)c1nc(Cl)nc(NCc2cnn(C)c2C)n1. The van der Waals surface area contributed by atoms with Crippen molar-refractivity contribution in [2.75, 3.05) is 23.3 Å². The summed E-state index contributed by atoms with van der Waals surface area (Å²) in [7, 11) is 1.91. The van der Waals surface area contributed by atoms with E-state index in [2.05, 4.69) is 25.4 Å². The Bertz CT molecular complexity index is 607. The summed E-state index contributed by atoms with van der Waals surface area (Å²) in [5.41, 5.74) is 2.20. The summed E-state index contributed by atoms with van der Waals surface area (Å²) < 4.78 is 1.83. The van der Waals surface area contributed by atoms with E-state index >= 15 is 0 Å². The van der Waals surface area contributed by atoms with Gasteiger partial charge in [0, 0.05) is 37.9 Å². The molecule has 0 aliphatic carbocycles. The maximum atomic E-state index is 5.98. The summed E-state index contributed by atoms with van der Waals surface area (Å²) >= 11 is 5.98. The highest BCUT2D eigenvalue weighted by Crippen LogP contribution is 2.15. The molecule has 8 heteroatoms. The third-order valence-corrected chi connectivity index (χ3v) is 3.59. The van der Waals surface area contributed by atoms with Crippen molar-refractivity contribution in [2.45, 2.75) is 27.3 Å². The number of hydrogen-bond donors (Lipinski definition) is 1. The predicted octanol–water partition coefficient (Wildman–Crippen LogP) is 2.03. The second-order valence-electron chi connectivity index (χ2n) is 4.63. The van der Waals surface area contributed by atoms with Gasteiger partial charge < -0.3 is 10.2 Å². The first-order valence-electron chi connectivity index (χ1n) is 6.93. The van der Waals surface area contributed by atoms with Gasteiger partial charge in [-0.05, 0) is 32.4 Å². The highest BCUT2D eigenvalue weighted by atomic mass is 35.5. The van der Waals surface area contributed by atoms with E-state index in [0.29, 0.717) is 18.4 Å². The van der Waals surface area contributed by atoms with Crippen LogP contribution in [0, 0.1) is 6.92 Å². The van der Waals surface area contributed by atoms with E-state index < -0.39 is 0 Å². The molecule has 0 amide bonds. The molecule has 0 saturated heterocycles. The Morgan fingerprint density at radius 3 is 2.52 bits per heavy atom. The Morgan fingerprint density at radius 2 is 1.95 bits per heavy atom. The van der Waals surface area contributed by atoms with Crippen LogP contribution in [-0.2, 0) is 13.6 Å². The van der Waals surface area contributed by atoms with Gasteiger partial charge >= 0.3 is 0 Å². The van der Waals surface area contributed by atoms with Crippen LogP contribution in [0.3, 0.4) is 0 Å². The lowest BCUT2D eigenvalue weighted by atomic mass is 10.2. The normalized spacial score (nSPS) is 10.7. The molecule has 2 heterocycles. The third-order valence-electron chi connectivity index (χ3n) is 3.42. The molecule has 0 unspecified atom stereocenters. The van der Waals surface area contributed by atoms with Crippen LogP contribution in [0.25, 0.3) is 0 Å². The summed E-state index contributed by atoms with van der Waals surface area (Å²) in [6, 6.07) is 0. The van der Waals surface area contributed by atoms with Crippen LogP contribution in [0.4, 0.5) is 11.9 Å². The Balaban J connectivity index is 2.15. The standard InChI is InChI=1S/C13H20ClN7/c1-5-21(6-2)13-18-11(14)17-12(19-13)15-7-10-8-16-20(4)9(10)3/h8H,5-7H2,1-4H3,(H,15,17,18,19). The third kappa shape index (κ3) is 3.60. The van der Waals surface area contributed by atoms with Gasteiger partial charge in [0.1, 0.15) is 0 Å². The molecule has 0 spiro atoms. The molecule has 0 saturated carbocycles. The molecule has 0 aliphatic rings. The topological polar surface area (TPSA) is 71.8 Å². The number of rotatable bonds is 6. The highest BCUT2D eigenvalue weighted by Gasteiger charge is 2.11. The minimum Gasteiger partial charge on any atom is -0.350 e. The lowest BCUT2D eigenvalue weighted by molar-refractivity contribution is 0.738. The molecule has 0 aliphatic heterocycles. The molecule has 0 atom stereocenters. The first-order valence-corrected chi connectivity index (χ1v) is 7.30. The first kappa shape index (κ1) is 15.5. The fraction of sp³-hybridized carbons (Fsp3) is 0.538. The Kier molecular flexibility index (Phi) is 4.95. The Morgan fingerprint density at radius 1 is 1.24 bits per heavy atom. The van der Waals surface area contributed by atoms with Gasteiger partial charge in [-0.15, -0.1) is 0 Å². The van der Waals surface area contributed by atoms with Crippen LogP contribution in [0.2, 0.25) is 5.28 Å². The molecule has 7 nitrogen and oxygen atoms in total. The largest absolute Gasteiger partial charge is 0.350 e. The van der Waals surface area contributed by atoms with Crippen molar-refractivity contribution < 1.29 is 0 Å². The van der Waals surface area contributed by atoms with Crippen molar-refractivity contribution in [1.29, 1.82) is 0 Å². The maximum absolute atomic E-state index is 5.98. The maximum Gasteiger partial charge on any atom is 0.231 e. The second-order valence-corrected chi connectivity index (χ2v) is 4.97. The van der Waals surface area contributed by atoms with Crippen molar-refractivity contribution in [3.8, 4) is 0 Å². The van der Waals surface area contributed by atoms with Gasteiger partial charge in [0.2, 0.25) is 17.2 Å². The smallest absolute Gasteiger partial charge is 0.231 e. The van der Waals surface area contributed by atoms with Crippen LogP contribution in [0.5, 0.6) is 0 Å². The van der Waals surface area contributed by atoms with Crippen molar-refractivity contribution in [3.63, 3.8) is 0 Å². The quantitative estimate of drug-likeness (QED) is 0.880. The molecular weight excluding hydrogens is 290 g/mol. The number of anilines is 2. The molecule has 0 fully saturated rings. The lowest BCUT2D eigenvalue weighted by Crippen LogP contribution is -2.25. The number of nitrogens with zero attached hydrogens (tertiary/aromatic N) is 6. The van der Waals surface area contributed by atoms with Crippen LogP contribution in [-0.4, -0.2) is 37.8 Å². The number of hydrogen-bond acceptors (Lipinski definition) is 6. The van der Waals surface area contributed by atoms with Gasteiger partial charge in [0.25, 0.3) is 0 Å². The number of aryl methyl sites for hydroxylation is 1. The summed E-state index contributed by atoms with van der Waals surface area (Å²) in [4.78, 5) is 14.7. The van der Waals surface area contributed by atoms with E-state index in [1.165, 1.54) is 0 Å². The van der Waals surface area contributed by atoms with Crippen LogP contribution in [0.1, 0.15) is 25.1 Å². The molecule has 0 aromatic carbocycles. The number of halogens is 1. The minimum atomic E-state index is 0.192. The van der Waals surface area contributed by atoms with E-state index in [1.54, 1.807) is 0 Å². The molecule has 1 N–H and O–H groups in total. The zero-order chi connectivity index (χ0) is 15.4. The summed E-state index contributed by atoms with van der Waals surface area (Å²) in [5.74, 6) is 1.06. The fourth-order valence-corrected chi connectivity index (χ4v) is 2.11. The van der Waals surface area contributed by atoms with Gasteiger partial charge in [-0.2, -0.15) is 20.1 Å². The number of aromatic nitrogens is 5. The van der Waals surface area contributed by atoms with E-state index in [4.69, 9.17) is 11.6 Å². The van der Waals surface area contributed by atoms with E-state index in [0.717, 1.165) is 24.3 Å². The number of nitrogens with one attached hydrogen (secondary N) is 1. The van der Waals surface area contributed by atoms with Crippen LogP contribution in [0.15, 0.2) is 6.20 Å². The minimum absolute atomic E-state index is 0.192. The van der Waals surface area contributed by atoms with Crippen molar-refractivity contribution in [1.82, 2.24) is 24.7 Å². The summed E-state index contributed by atoms with van der Waals surface area (Å²) in [6.07, 6.45) is 1.83. The molecule has 0 bridgehead atoms. The predicted molar refractivity (Wildman–Crippen MR) is 83.7 cm³/mol. The van der Waals surface area contributed by atoms with Gasteiger partial charge in [-0.1, -0.05) is 0 Å². The van der Waals surface area contributed by atoms with E-state index in [9.17, 15) is 0 Å². The average Bonchev–Trinajstić information content (AvgIpc) is 2.77. The molecule has 21 heavy (non-hydrogen) atoms. The molecule has 114 valence electrons. The Labute approximate surface area is 129 Å². The highest BCUT2D eigenvalue weighted by molar-refractivity contribution is 6.28. The van der Waals surface area contributed by atoms with Crippen molar-refractivity contribution in [3.05, 3.63) is 22.7 Å². The van der Waals surface area contributed by atoms with Crippen LogP contribution >= 0.6 is 11.6 Å². The van der Waals surface area contributed by atoms with Crippen molar-refractivity contribution in [2.24, 2.45) is 7.05 Å². The van der Waals surface area contributed by atoms with E-state index in [1.807, 2.05) is 43.6 Å². The Hall–Kier alpha value is -1.89. The lowest BCUT2D eigenvalue weighted by Gasteiger charge is -2.18. The average molecular weight is 310 g/mol. The molecule has 2 rings (SSSR count). The van der Waals surface area contributed by atoms with Gasteiger partial charge in [-0.3, -0.25) is 4.68 Å². The zero-order valence-corrected chi connectivity index (χ0v) is 13.5. The van der Waals surface area contributed by atoms with Crippen molar-refractivity contribution >= 4 is 23.5 Å².